The molecule has 1 aromatic heterocycles. The Labute approximate surface area is 157 Å². The van der Waals surface area contributed by atoms with Crippen LogP contribution in [0.15, 0.2) is 64.0 Å². The third kappa shape index (κ3) is 3.64. The maximum Gasteiger partial charge on any atom is 0.266 e. The van der Waals surface area contributed by atoms with Gasteiger partial charge in [0.2, 0.25) is 10.0 Å². The highest BCUT2D eigenvalue weighted by Crippen LogP contribution is 2.26. The summed E-state index contributed by atoms with van der Waals surface area (Å²) in [4.78, 5) is 8.64. The molecule has 2 N–H and O–H groups in total. The summed E-state index contributed by atoms with van der Waals surface area (Å²) in [5.41, 5.74) is 1.50. The maximum atomic E-state index is 11.8. The lowest BCUT2D eigenvalue weighted by Gasteiger charge is -2.36. The molecule has 1 fully saturated rings. The molecule has 0 spiro atoms. The third-order valence-corrected chi connectivity index (χ3v) is 5.47. The van der Waals surface area contributed by atoms with Crippen LogP contribution in [0.3, 0.4) is 0 Å². The molecule has 0 unspecified atom stereocenters. The van der Waals surface area contributed by atoms with Gasteiger partial charge in [-0.1, -0.05) is 30.3 Å². The minimum Gasteiger partial charge on any atom is -0.367 e. The van der Waals surface area contributed by atoms with Crippen molar-refractivity contribution in [2.45, 2.75) is 4.90 Å². The van der Waals surface area contributed by atoms with Crippen molar-refractivity contribution in [2.75, 3.05) is 36.0 Å². The van der Waals surface area contributed by atoms with Crippen LogP contribution in [-0.2, 0) is 10.0 Å². The van der Waals surface area contributed by atoms with Crippen LogP contribution >= 0.6 is 0 Å². The maximum absolute atomic E-state index is 11.8. The Kier molecular flexibility index (Phi) is 4.54. The number of benzene rings is 2. The van der Waals surface area contributed by atoms with Crippen LogP contribution in [0.4, 0.5) is 11.6 Å². The van der Waals surface area contributed by atoms with E-state index in [9.17, 15) is 8.42 Å². The Bertz CT molecular complexity index is 1030. The van der Waals surface area contributed by atoms with E-state index in [0.717, 1.165) is 5.56 Å². The first-order chi connectivity index (χ1) is 13.0. The van der Waals surface area contributed by atoms with Crippen molar-refractivity contribution in [3.05, 3.63) is 54.6 Å². The van der Waals surface area contributed by atoms with Crippen molar-refractivity contribution < 1.29 is 12.9 Å². The van der Waals surface area contributed by atoms with Crippen LogP contribution in [0, 0.1) is 0 Å². The molecule has 2 heterocycles. The summed E-state index contributed by atoms with van der Waals surface area (Å²) < 4.78 is 29.0. The topological polar surface area (TPSA) is 106 Å². The van der Waals surface area contributed by atoms with E-state index in [4.69, 9.17) is 9.66 Å². The number of rotatable bonds is 4. The lowest BCUT2D eigenvalue weighted by atomic mass is 10.2. The number of nitrogens with two attached hydrogens (primary N) is 1. The van der Waals surface area contributed by atoms with Crippen molar-refractivity contribution in [1.29, 1.82) is 0 Å². The van der Waals surface area contributed by atoms with E-state index in [1.54, 1.807) is 12.1 Å². The van der Waals surface area contributed by atoms with Gasteiger partial charge in [-0.3, -0.25) is 0 Å². The second-order valence-electron chi connectivity index (χ2n) is 6.25. The van der Waals surface area contributed by atoms with Crippen LogP contribution < -0.4 is 14.9 Å². The molecule has 4 rings (SSSR count). The van der Waals surface area contributed by atoms with Crippen LogP contribution in [0.5, 0.6) is 0 Å². The van der Waals surface area contributed by atoms with Gasteiger partial charge >= 0.3 is 0 Å². The van der Waals surface area contributed by atoms with Crippen molar-refractivity contribution in [1.82, 2.24) is 10.1 Å². The Morgan fingerprint density at radius 1 is 0.889 bits per heavy atom. The van der Waals surface area contributed by atoms with Gasteiger partial charge in [0.1, 0.15) is 4.90 Å². The Morgan fingerprint density at radius 2 is 1.52 bits per heavy atom. The number of nitrogens with zero attached hydrogens (tertiary/aromatic N) is 4. The fourth-order valence-electron chi connectivity index (χ4n) is 3.15. The number of anilines is 2. The highest BCUT2D eigenvalue weighted by atomic mass is 32.2. The zero-order valence-electron chi connectivity index (χ0n) is 14.5. The first-order valence-electron chi connectivity index (χ1n) is 8.53. The molecule has 2 aromatic carbocycles. The lowest BCUT2D eigenvalue weighted by molar-refractivity contribution is 0.428. The molecule has 8 nitrogen and oxygen atoms in total. The predicted molar refractivity (Wildman–Crippen MR) is 102 cm³/mol. The van der Waals surface area contributed by atoms with Crippen molar-refractivity contribution in [3.63, 3.8) is 0 Å². The smallest absolute Gasteiger partial charge is 0.266 e. The fourth-order valence-corrected chi connectivity index (χ4v) is 3.91. The van der Waals surface area contributed by atoms with Gasteiger partial charge in [-0.2, -0.15) is 4.98 Å². The standard InChI is InChI=1S/C18H19N5O3S/c19-27(24,25)16-9-5-4-8-15(16)22-10-12-23(13-11-22)18-20-17(26-21-18)14-6-2-1-3-7-14/h1-9H,10-13H2,(H2,19,24,25). The number of piperazine rings is 1. The normalized spacial score (nSPS) is 15.1. The van der Waals surface area contributed by atoms with Crippen LogP contribution in [0.2, 0.25) is 0 Å². The molecule has 0 aliphatic carbocycles. The molecule has 9 heteroatoms. The first-order valence-corrected chi connectivity index (χ1v) is 10.1. The van der Waals surface area contributed by atoms with Crippen molar-refractivity contribution in [2.24, 2.45) is 5.14 Å². The number of sulfonamides is 1. The summed E-state index contributed by atoms with van der Waals surface area (Å²) in [6, 6.07) is 16.4. The molecule has 0 atom stereocenters. The molecule has 0 radical (unpaired) electrons. The number of hydrogen-bond acceptors (Lipinski definition) is 7. The van der Waals surface area contributed by atoms with Gasteiger partial charge in [-0.05, 0) is 29.4 Å². The summed E-state index contributed by atoms with van der Waals surface area (Å²) in [5, 5.41) is 9.42. The molecule has 1 aliphatic heterocycles. The molecule has 0 bridgehead atoms. The van der Waals surface area contributed by atoms with E-state index in [1.807, 2.05) is 46.2 Å². The van der Waals surface area contributed by atoms with Gasteiger partial charge in [-0.25, -0.2) is 13.6 Å². The van der Waals surface area contributed by atoms with Crippen molar-refractivity contribution in [3.8, 4) is 11.5 Å². The number of hydrogen-bond donors (Lipinski definition) is 1. The Morgan fingerprint density at radius 3 is 2.22 bits per heavy atom. The second-order valence-corrected chi connectivity index (χ2v) is 7.78. The summed E-state index contributed by atoms with van der Waals surface area (Å²) in [7, 11) is -3.77. The minimum atomic E-state index is -3.77. The van der Waals surface area contributed by atoms with E-state index in [1.165, 1.54) is 6.07 Å². The molecule has 0 amide bonds. The SMILES string of the molecule is NS(=O)(=O)c1ccccc1N1CCN(c2noc(-c3ccccc3)n2)CC1. The minimum absolute atomic E-state index is 0.143. The van der Waals surface area contributed by atoms with Gasteiger partial charge in [0, 0.05) is 31.7 Å². The van der Waals surface area contributed by atoms with E-state index < -0.39 is 10.0 Å². The lowest BCUT2D eigenvalue weighted by Crippen LogP contribution is -2.47. The molecular weight excluding hydrogens is 366 g/mol. The second kappa shape index (κ2) is 7.01. The Hall–Kier alpha value is -2.91. The van der Waals surface area contributed by atoms with Gasteiger partial charge in [0.25, 0.3) is 11.8 Å². The van der Waals surface area contributed by atoms with E-state index in [-0.39, 0.29) is 4.90 Å². The van der Waals surface area contributed by atoms with E-state index >= 15 is 0 Å². The molecule has 140 valence electrons. The number of para-hydroxylation sites is 1. The molecule has 3 aromatic rings. The summed E-state index contributed by atoms with van der Waals surface area (Å²) in [5.74, 6) is 1.01. The van der Waals surface area contributed by atoms with E-state index in [0.29, 0.717) is 43.7 Å². The Balaban J connectivity index is 1.48. The van der Waals surface area contributed by atoms with Crippen LogP contribution in [0.25, 0.3) is 11.5 Å². The highest BCUT2D eigenvalue weighted by molar-refractivity contribution is 7.89. The van der Waals surface area contributed by atoms with Gasteiger partial charge < -0.3 is 14.3 Å². The van der Waals surface area contributed by atoms with Crippen molar-refractivity contribution >= 4 is 21.7 Å². The molecule has 1 saturated heterocycles. The monoisotopic (exact) mass is 385 g/mol. The largest absolute Gasteiger partial charge is 0.367 e. The highest BCUT2D eigenvalue weighted by Gasteiger charge is 2.25. The molecule has 27 heavy (non-hydrogen) atoms. The number of aromatic nitrogens is 2. The van der Waals surface area contributed by atoms with Gasteiger partial charge in [0.15, 0.2) is 0 Å². The summed E-state index contributed by atoms with van der Waals surface area (Å²) in [6.45, 7) is 2.54. The number of primary sulfonamides is 1. The van der Waals surface area contributed by atoms with Crippen LogP contribution in [0.1, 0.15) is 0 Å². The average Bonchev–Trinajstić information content (AvgIpc) is 3.18. The fraction of sp³-hybridized carbons (Fsp3) is 0.222. The zero-order valence-corrected chi connectivity index (χ0v) is 15.3. The summed E-state index contributed by atoms with van der Waals surface area (Å²) in [6.07, 6.45) is 0. The molecule has 0 saturated carbocycles. The van der Waals surface area contributed by atoms with Gasteiger partial charge in [0.05, 0.1) is 5.69 Å². The van der Waals surface area contributed by atoms with Crippen LogP contribution in [-0.4, -0.2) is 44.7 Å². The first kappa shape index (κ1) is 17.5. The van der Waals surface area contributed by atoms with E-state index in [2.05, 4.69) is 10.1 Å². The predicted octanol–water partition coefficient (Wildman–Crippen LogP) is 1.71. The molecule has 1 aliphatic rings. The third-order valence-electron chi connectivity index (χ3n) is 4.51. The molecular formula is C18H19N5O3S. The quantitative estimate of drug-likeness (QED) is 0.729. The zero-order chi connectivity index (χ0) is 18.9. The van der Waals surface area contributed by atoms with Gasteiger partial charge in [-0.15, -0.1) is 0 Å². The summed E-state index contributed by atoms with van der Waals surface area (Å²) >= 11 is 0. The average molecular weight is 385 g/mol.